The van der Waals surface area contributed by atoms with Gasteiger partial charge < -0.3 is 15.8 Å². The van der Waals surface area contributed by atoms with Crippen molar-refractivity contribution in [1.29, 1.82) is 0 Å². The number of carbonyl (C=O) groups is 3. The van der Waals surface area contributed by atoms with Crippen LogP contribution in [0, 0.1) is 0 Å². The van der Waals surface area contributed by atoms with E-state index in [0.717, 1.165) is 17.3 Å². The summed E-state index contributed by atoms with van der Waals surface area (Å²) in [5, 5.41) is 2.76. The van der Waals surface area contributed by atoms with Gasteiger partial charge in [0.1, 0.15) is 0 Å². The fourth-order valence-corrected chi connectivity index (χ4v) is 3.09. The van der Waals surface area contributed by atoms with E-state index in [1.54, 1.807) is 24.3 Å². The van der Waals surface area contributed by atoms with Crippen LogP contribution >= 0.6 is 11.8 Å². The zero-order valence-electron chi connectivity index (χ0n) is 15.0. The number of esters is 1. The van der Waals surface area contributed by atoms with Gasteiger partial charge in [0.05, 0.1) is 11.3 Å². The van der Waals surface area contributed by atoms with Crippen LogP contribution in [0.1, 0.15) is 22.8 Å². The molecule has 2 aromatic rings. The molecule has 0 fully saturated rings. The molecule has 7 heteroatoms. The zero-order chi connectivity index (χ0) is 19.6. The average Bonchev–Trinajstić information content (AvgIpc) is 2.67. The Morgan fingerprint density at radius 1 is 1.07 bits per heavy atom. The minimum atomic E-state index is -0.928. The number of nitrogens with two attached hydrogens (primary N) is 1. The quantitative estimate of drug-likeness (QED) is 0.508. The maximum absolute atomic E-state index is 12.4. The van der Waals surface area contributed by atoms with E-state index in [1.165, 1.54) is 6.92 Å². The number of benzene rings is 2. The minimum Gasteiger partial charge on any atom is -0.449 e. The molecule has 2 rings (SSSR count). The molecule has 2 amide bonds. The Morgan fingerprint density at radius 2 is 1.74 bits per heavy atom. The first kappa shape index (κ1) is 20.5. The molecule has 1 unspecified atom stereocenters. The van der Waals surface area contributed by atoms with Gasteiger partial charge >= 0.3 is 5.97 Å². The average molecular weight is 386 g/mol. The molecular weight excluding hydrogens is 364 g/mol. The summed E-state index contributed by atoms with van der Waals surface area (Å²) >= 11 is 1.15. The second-order valence-electron chi connectivity index (χ2n) is 5.83. The molecule has 2 aromatic carbocycles. The van der Waals surface area contributed by atoms with Crippen LogP contribution in [0.25, 0.3) is 0 Å². The number of carbonyl (C=O) groups excluding carboxylic acids is 3. The Morgan fingerprint density at radius 3 is 2.44 bits per heavy atom. The van der Waals surface area contributed by atoms with E-state index in [-0.39, 0.29) is 11.7 Å². The fraction of sp³-hybridized carbons (Fsp3) is 0.250. The Bertz CT molecular complexity index is 796. The van der Waals surface area contributed by atoms with Crippen LogP contribution in [0.4, 0.5) is 0 Å². The molecule has 0 spiro atoms. The van der Waals surface area contributed by atoms with Crippen LogP contribution in [0.15, 0.2) is 59.5 Å². The normalized spacial score (nSPS) is 11.4. The van der Waals surface area contributed by atoms with Crippen molar-refractivity contribution in [3.63, 3.8) is 0 Å². The van der Waals surface area contributed by atoms with Gasteiger partial charge in [0.2, 0.25) is 5.91 Å². The van der Waals surface area contributed by atoms with Gasteiger partial charge in [-0.1, -0.05) is 42.5 Å². The number of hydrogen-bond donors (Lipinski definition) is 2. The Hall–Kier alpha value is -2.80. The van der Waals surface area contributed by atoms with Crippen molar-refractivity contribution in [2.24, 2.45) is 5.73 Å². The van der Waals surface area contributed by atoms with E-state index < -0.39 is 18.0 Å². The third kappa shape index (κ3) is 6.79. The predicted molar refractivity (Wildman–Crippen MR) is 104 cm³/mol. The SMILES string of the molecule is CC(OC(=O)c1ccccc1SCC(N)=O)C(=O)NCCc1ccccc1. The standard InChI is InChI=1S/C20H22N2O4S/c1-14(19(24)22-12-11-15-7-3-2-4-8-15)26-20(25)16-9-5-6-10-17(16)27-13-18(21)23/h2-10,14H,11-13H2,1H3,(H2,21,23)(H,22,24). The molecule has 0 aliphatic carbocycles. The summed E-state index contributed by atoms with van der Waals surface area (Å²) in [7, 11) is 0. The fourth-order valence-electron chi connectivity index (χ4n) is 2.31. The molecule has 6 nitrogen and oxygen atoms in total. The molecule has 0 heterocycles. The van der Waals surface area contributed by atoms with Crippen LogP contribution in [-0.4, -0.2) is 36.2 Å². The summed E-state index contributed by atoms with van der Waals surface area (Å²) in [6.45, 7) is 1.98. The second-order valence-corrected chi connectivity index (χ2v) is 6.84. The van der Waals surface area contributed by atoms with Crippen molar-refractivity contribution >= 4 is 29.5 Å². The van der Waals surface area contributed by atoms with Crippen molar-refractivity contribution in [2.75, 3.05) is 12.3 Å². The van der Waals surface area contributed by atoms with Gasteiger partial charge in [-0.15, -0.1) is 11.8 Å². The van der Waals surface area contributed by atoms with Crippen LogP contribution in [0.5, 0.6) is 0 Å². The highest BCUT2D eigenvalue weighted by molar-refractivity contribution is 8.00. The first-order valence-corrected chi connectivity index (χ1v) is 9.48. The van der Waals surface area contributed by atoms with Gasteiger partial charge in [-0.2, -0.15) is 0 Å². The van der Waals surface area contributed by atoms with E-state index in [9.17, 15) is 14.4 Å². The van der Waals surface area contributed by atoms with Crippen LogP contribution in [-0.2, 0) is 20.7 Å². The molecule has 0 aliphatic heterocycles. The van der Waals surface area contributed by atoms with Gasteiger partial charge in [-0.3, -0.25) is 9.59 Å². The van der Waals surface area contributed by atoms with Crippen molar-refractivity contribution < 1.29 is 19.1 Å². The Kier molecular flexibility index (Phi) is 7.88. The van der Waals surface area contributed by atoms with Crippen molar-refractivity contribution in [3.8, 4) is 0 Å². The molecule has 0 aliphatic rings. The lowest BCUT2D eigenvalue weighted by molar-refractivity contribution is -0.129. The third-order valence-corrected chi connectivity index (χ3v) is 4.78. The molecule has 0 saturated carbocycles. The van der Waals surface area contributed by atoms with E-state index in [0.29, 0.717) is 23.4 Å². The lowest BCUT2D eigenvalue weighted by Gasteiger charge is -2.15. The molecule has 1 atom stereocenters. The van der Waals surface area contributed by atoms with Crippen molar-refractivity contribution in [1.82, 2.24) is 5.32 Å². The summed E-state index contributed by atoms with van der Waals surface area (Å²) in [5.74, 6) is -1.40. The van der Waals surface area contributed by atoms with Crippen LogP contribution in [0.2, 0.25) is 0 Å². The molecule has 0 bridgehead atoms. The largest absolute Gasteiger partial charge is 0.449 e. The van der Waals surface area contributed by atoms with Gasteiger partial charge in [0, 0.05) is 11.4 Å². The molecule has 27 heavy (non-hydrogen) atoms. The molecular formula is C20H22N2O4S. The summed E-state index contributed by atoms with van der Waals surface area (Å²) in [6, 6.07) is 16.5. The highest BCUT2D eigenvalue weighted by Gasteiger charge is 2.20. The van der Waals surface area contributed by atoms with Gasteiger partial charge in [-0.05, 0) is 31.0 Å². The molecule has 0 aromatic heterocycles. The number of amides is 2. The maximum Gasteiger partial charge on any atom is 0.340 e. The summed E-state index contributed by atoms with van der Waals surface area (Å²) < 4.78 is 5.27. The molecule has 3 N–H and O–H groups in total. The first-order chi connectivity index (χ1) is 13.0. The lowest BCUT2D eigenvalue weighted by atomic mass is 10.1. The summed E-state index contributed by atoms with van der Waals surface area (Å²) in [5.41, 5.74) is 6.56. The molecule has 0 saturated heterocycles. The zero-order valence-corrected chi connectivity index (χ0v) is 15.8. The van der Waals surface area contributed by atoms with E-state index in [4.69, 9.17) is 10.5 Å². The topological polar surface area (TPSA) is 98.5 Å². The smallest absolute Gasteiger partial charge is 0.340 e. The van der Waals surface area contributed by atoms with E-state index in [1.807, 2.05) is 30.3 Å². The van der Waals surface area contributed by atoms with E-state index in [2.05, 4.69) is 5.32 Å². The van der Waals surface area contributed by atoms with Crippen LogP contribution < -0.4 is 11.1 Å². The van der Waals surface area contributed by atoms with E-state index >= 15 is 0 Å². The number of hydrogen-bond acceptors (Lipinski definition) is 5. The molecule has 142 valence electrons. The highest BCUT2D eigenvalue weighted by atomic mass is 32.2. The first-order valence-electron chi connectivity index (χ1n) is 8.50. The number of primary amides is 1. The maximum atomic E-state index is 12.4. The summed E-state index contributed by atoms with van der Waals surface area (Å²) in [4.78, 5) is 36.1. The third-order valence-electron chi connectivity index (χ3n) is 3.69. The van der Waals surface area contributed by atoms with Crippen LogP contribution in [0.3, 0.4) is 0 Å². The Balaban J connectivity index is 1.87. The minimum absolute atomic E-state index is 0.0554. The number of thioether (sulfide) groups is 1. The summed E-state index contributed by atoms with van der Waals surface area (Å²) in [6.07, 6.45) is -0.234. The van der Waals surface area contributed by atoms with Crippen molar-refractivity contribution in [2.45, 2.75) is 24.3 Å². The predicted octanol–water partition coefficient (Wildman–Crippen LogP) is 2.17. The molecule has 0 radical (unpaired) electrons. The number of nitrogens with one attached hydrogen (secondary N) is 1. The van der Waals surface area contributed by atoms with Gasteiger partial charge in [-0.25, -0.2) is 4.79 Å². The monoisotopic (exact) mass is 386 g/mol. The second kappa shape index (κ2) is 10.4. The van der Waals surface area contributed by atoms with Crippen molar-refractivity contribution in [3.05, 3.63) is 65.7 Å². The highest BCUT2D eigenvalue weighted by Crippen LogP contribution is 2.23. The van der Waals surface area contributed by atoms with Gasteiger partial charge in [0.25, 0.3) is 5.91 Å². The number of ether oxygens (including phenoxy) is 1. The Labute approximate surface area is 162 Å². The lowest BCUT2D eigenvalue weighted by Crippen LogP contribution is -2.37. The number of rotatable bonds is 9. The van der Waals surface area contributed by atoms with Gasteiger partial charge in [0.15, 0.2) is 6.10 Å².